The van der Waals surface area contributed by atoms with Gasteiger partial charge in [-0.25, -0.2) is 14.8 Å². The number of nitrogens with zero attached hydrogens (tertiary/aromatic N) is 3. The number of ether oxygens (including phenoxy) is 3. The maximum atomic E-state index is 12.5. The number of benzene rings is 1. The quantitative estimate of drug-likeness (QED) is 0.525. The fourth-order valence-electron chi connectivity index (χ4n) is 5.08. The number of carbonyl (C=O) groups excluding carboxylic acids is 2. The van der Waals surface area contributed by atoms with Crippen molar-refractivity contribution in [3.8, 4) is 17.2 Å². The molecule has 0 fully saturated rings. The molecule has 5 heterocycles. The predicted octanol–water partition coefficient (Wildman–Crippen LogP) is 4.49. The van der Waals surface area contributed by atoms with Crippen LogP contribution in [0.4, 0.5) is 10.6 Å². The number of anilines is 1. The zero-order valence-corrected chi connectivity index (χ0v) is 21.8. The number of H-pyrrole nitrogens is 1. The van der Waals surface area contributed by atoms with Crippen LogP contribution >= 0.6 is 0 Å². The molecule has 2 aromatic heterocycles. The first kappa shape index (κ1) is 24.3. The molecule has 2 amide bonds. The average molecular weight is 518 g/mol. The van der Waals surface area contributed by atoms with E-state index in [1.807, 2.05) is 45.0 Å². The van der Waals surface area contributed by atoms with Crippen LogP contribution in [0.5, 0.6) is 17.2 Å². The first-order valence-electron chi connectivity index (χ1n) is 13.0. The molecule has 38 heavy (non-hydrogen) atoms. The lowest BCUT2D eigenvalue weighted by atomic mass is 9.96. The Morgan fingerprint density at radius 1 is 1.18 bits per heavy atom. The minimum Gasteiger partial charge on any atom is -0.493 e. The normalized spacial score (nSPS) is 18.4. The summed E-state index contributed by atoms with van der Waals surface area (Å²) in [4.78, 5) is 38.6. The van der Waals surface area contributed by atoms with E-state index in [0.717, 1.165) is 40.5 Å². The minimum absolute atomic E-state index is 0.0312. The molecule has 1 atom stereocenters. The Morgan fingerprint density at radius 3 is 2.89 bits per heavy atom. The van der Waals surface area contributed by atoms with Gasteiger partial charge in [-0.15, -0.1) is 0 Å². The molecule has 3 aromatic rings. The first-order chi connectivity index (χ1) is 18.2. The molecule has 6 rings (SSSR count). The zero-order valence-electron chi connectivity index (χ0n) is 21.8. The third-order valence-electron chi connectivity index (χ3n) is 6.93. The van der Waals surface area contributed by atoms with Gasteiger partial charge in [0, 0.05) is 31.1 Å². The summed E-state index contributed by atoms with van der Waals surface area (Å²) < 4.78 is 17.9. The molecular weight excluding hydrogens is 486 g/mol. The van der Waals surface area contributed by atoms with Crippen LogP contribution in [0.1, 0.15) is 61.4 Å². The number of nitrogens with one attached hydrogen (secondary N) is 2. The molecule has 0 aliphatic carbocycles. The maximum absolute atomic E-state index is 12.5. The van der Waals surface area contributed by atoms with E-state index >= 15 is 0 Å². The molecule has 0 radical (unpaired) electrons. The topological polar surface area (TPSA) is 119 Å². The number of aromatic nitrogens is 3. The van der Waals surface area contributed by atoms with Gasteiger partial charge in [0.15, 0.2) is 0 Å². The van der Waals surface area contributed by atoms with E-state index in [4.69, 9.17) is 19.2 Å². The Bertz CT molecular complexity index is 1410. The van der Waals surface area contributed by atoms with Crippen molar-refractivity contribution in [3.63, 3.8) is 0 Å². The summed E-state index contributed by atoms with van der Waals surface area (Å²) in [5, 5.41) is 2.81. The van der Waals surface area contributed by atoms with Gasteiger partial charge >= 0.3 is 6.09 Å². The van der Waals surface area contributed by atoms with Crippen LogP contribution in [0.2, 0.25) is 0 Å². The van der Waals surface area contributed by atoms with Crippen molar-refractivity contribution in [2.24, 2.45) is 0 Å². The summed E-state index contributed by atoms with van der Waals surface area (Å²) in [7, 11) is 0. The predicted molar refractivity (Wildman–Crippen MR) is 139 cm³/mol. The van der Waals surface area contributed by atoms with Crippen molar-refractivity contribution in [1.29, 1.82) is 0 Å². The average Bonchev–Trinajstić information content (AvgIpc) is 3.31. The summed E-state index contributed by atoms with van der Waals surface area (Å²) >= 11 is 0. The fourth-order valence-corrected chi connectivity index (χ4v) is 5.08. The molecule has 0 spiro atoms. The van der Waals surface area contributed by atoms with Gasteiger partial charge in [-0.1, -0.05) is 0 Å². The summed E-state index contributed by atoms with van der Waals surface area (Å²) in [5.41, 5.74) is 3.37. The molecule has 10 nitrogen and oxygen atoms in total. The number of pyridine rings is 1. The summed E-state index contributed by atoms with van der Waals surface area (Å²) in [6.07, 6.45) is 3.77. The van der Waals surface area contributed by atoms with Gasteiger partial charge in [0.25, 0.3) is 0 Å². The molecule has 1 aromatic carbocycles. The highest BCUT2D eigenvalue weighted by Gasteiger charge is 2.31. The second-order valence-electron chi connectivity index (χ2n) is 11.0. The SMILES string of the molecule is CC(C)(C)OC(=O)N1CCc2nc(C3COc4ccc(Oc5ccnc6c5CCC(=O)N6)cc4C3)[nH]c2C1. The van der Waals surface area contributed by atoms with E-state index in [0.29, 0.717) is 56.3 Å². The number of imidazole rings is 1. The third-order valence-corrected chi connectivity index (χ3v) is 6.93. The Balaban J connectivity index is 1.17. The standard InChI is InChI=1S/C28H31N5O5/c1-28(2,3)38-27(35)33-11-9-20-21(14-33)31-25(30-20)17-12-16-13-18(4-6-22(16)36-15-17)37-23-8-10-29-26-19(23)5-7-24(34)32-26/h4,6,8,10,13,17H,5,7,9,11-12,14-15H2,1-3H3,(H,30,31)(H,29,32,34). The highest BCUT2D eigenvalue weighted by Crippen LogP contribution is 2.38. The number of carbonyl (C=O) groups is 2. The fraction of sp³-hybridized carbons (Fsp3) is 0.429. The van der Waals surface area contributed by atoms with E-state index in [-0.39, 0.29) is 17.9 Å². The van der Waals surface area contributed by atoms with Crippen LogP contribution in [0.15, 0.2) is 30.5 Å². The van der Waals surface area contributed by atoms with Crippen LogP contribution in [0, 0.1) is 0 Å². The Kier molecular flexibility index (Phi) is 5.97. The number of fused-ring (bicyclic) bond motifs is 3. The van der Waals surface area contributed by atoms with Crippen molar-refractivity contribution in [1.82, 2.24) is 19.9 Å². The lowest BCUT2D eigenvalue weighted by Crippen LogP contribution is -2.39. The largest absolute Gasteiger partial charge is 0.493 e. The lowest BCUT2D eigenvalue weighted by Gasteiger charge is -2.29. The summed E-state index contributed by atoms with van der Waals surface area (Å²) in [6.45, 7) is 7.17. The number of aromatic amines is 1. The lowest BCUT2D eigenvalue weighted by molar-refractivity contribution is -0.116. The summed E-state index contributed by atoms with van der Waals surface area (Å²) in [5.74, 6) is 3.69. The van der Waals surface area contributed by atoms with Crippen molar-refractivity contribution in [3.05, 3.63) is 58.8 Å². The van der Waals surface area contributed by atoms with Gasteiger partial charge in [0.05, 0.1) is 30.5 Å². The maximum Gasteiger partial charge on any atom is 0.410 e. The van der Waals surface area contributed by atoms with Crippen LogP contribution in [0.25, 0.3) is 0 Å². The zero-order chi connectivity index (χ0) is 26.4. The number of hydrogen-bond donors (Lipinski definition) is 2. The van der Waals surface area contributed by atoms with Crippen molar-refractivity contribution >= 4 is 17.8 Å². The van der Waals surface area contributed by atoms with E-state index in [2.05, 4.69) is 15.3 Å². The second-order valence-corrected chi connectivity index (χ2v) is 11.0. The minimum atomic E-state index is -0.529. The van der Waals surface area contributed by atoms with Crippen LogP contribution < -0.4 is 14.8 Å². The third kappa shape index (κ3) is 4.90. The summed E-state index contributed by atoms with van der Waals surface area (Å²) in [6, 6.07) is 7.65. The van der Waals surface area contributed by atoms with Gasteiger partial charge in [-0.3, -0.25) is 4.79 Å². The van der Waals surface area contributed by atoms with Crippen molar-refractivity contribution in [2.75, 3.05) is 18.5 Å². The number of hydrogen-bond acceptors (Lipinski definition) is 7. The van der Waals surface area contributed by atoms with Crippen LogP contribution in [0.3, 0.4) is 0 Å². The van der Waals surface area contributed by atoms with E-state index in [1.54, 1.807) is 11.1 Å². The highest BCUT2D eigenvalue weighted by molar-refractivity contribution is 5.93. The smallest absolute Gasteiger partial charge is 0.410 e. The number of rotatable bonds is 3. The van der Waals surface area contributed by atoms with Gasteiger partial charge in [-0.05, 0) is 63.4 Å². The second kappa shape index (κ2) is 9.34. The van der Waals surface area contributed by atoms with E-state index in [1.165, 1.54) is 0 Å². The molecule has 198 valence electrons. The Hall–Kier alpha value is -4.08. The molecule has 2 N–H and O–H groups in total. The van der Waals surface area contributed by atoms with Crippen molar-refractivity contribution < 1.29 is 23.8 Å². The van der Waals surface area contributed by atoms with Crippen molar-refractivity contribution in [2.45, 2.75) is 64.5 Å². The molecule has 3 aliphatic heterocycles. The van der Waals surface area contributed by atoms with Gasteiger partial charge < -0.3 is 29.4 Å². The number of amides is 2. The van der Waals surface area contributed by atoms with Gasteiger partial charge in [0.1, 0.15) is 34.5 Å². The molecule has 1 unspecified atom stereocenters. The molecule has 0 bridgehead atoms. The van der Waals surface area contributed by atoms with Gasteiger partial charge in [-0.2, -0.15) is 0 Å². The molecule has 0 saturated heterocycles. The Labute approximate surface area is 220 Å². The van der Waals surface area contributed by atoms with Gasteiger partial charge in [0.2, 0.25) is 5.91 Å². The van der Waals surface area contributed by atoms with E-state index < -0.39 is 5.60 Å². The van der Waals surface area contributed by atoms with E-state index in [9.17, 15) is 9.59 Å². The first-order valence-corrected chi connectivity index (χ1v) is 13.0. The molecule has 0 saturated carbocycles. The monoisotopic (exact) mass is 517 g/mol. The molecular formula is C28H31N5O5. The Morgan fingerprint density at radius 2 is 2.05 bits per heavy atom. The van der Waals surface area contributed by atoms with Crippen LogP contribution in [-0.4, -0.2) is 50.6 Å². The van der Waals surface area contributed by atoms with Crippen LogP contribution in [-0.2, 0) is 35.3 Å². The molecule has 10 heteroatoms. The molecule has 3 aliphatic rings. The highest BCUT2D eigenvalue weighted by atomic mass is 16.6.